The second-order valence-corrected chi connectivity index (χ2v) is 7.27. The molecule has 0 spiro atoms. The van der Waals surface area contributed by atoms with Crippen LogP contribution in [0.2, 0.25) is 0 Å². The molecular formula is C22H42O3. The van der Waals surface area contributed by atoms with Gasteiger partial charge in [-0.25, -0.2) is 4.79 Å². The fourth-order valence-electron chi connectivity index (χ4n) is 3.15. The fraction of sp³-hybridized carbons (Fsp3) is 0.864. The summed E-state index contributed by atoms with van der Waals surface area (Å²) >= 11 is 0. The number of ether oxygens (including phenoxy) is 1. The molecule has 148 valence electrons. The lowest BCUT2D eigenvalue weighted by Gasteiger charge is -2.11. The number of hydrogen-bond donors (Lipinski definition) is 1. The number of rotatable bonds is 18. The Morgan fingerprint density at radius 3 is 1.52 bits per heavy atom. The number of aliphatic hydroxyl groups excluding tert-OH is 1. The van der Waals surface area contributed by atoms with Gasteiger partial charge in [-0.15, -0.1) is 0 Å². The van der Waals surface area contributed by atoms with Gasteiger partial charge < -0.3 is 9.84 Å². The summed E-state index contributed by atoms with van der Waals surface area (Å²) in [6, 6.07) is 0. The molecule has 3 heteroatoms. The Morgan fingerprint density at radius 2 is 1.16 bits per heavy atom. The molecule has 25 heavy (non-hydrogen) atoms. The van der Waals surface area contributed by atoms with Crippen LogP contribution < -0.4 is 0 Å². The minimum atomic E-state index is -0.755. The van der Waals surface area contributed by atoms with Gasteiger partial charge in [0, 0.05) is 0 Å². The highest BCUT2D eigenvalue weighted by atomic mass is 16.5. The van der Waals surface area contributed by atoms with E-state index in [1.165, 1.54) is 90.6 Å². The van der Waals surface area contributed by atoms with Gasteiger partial charge in [-0.2, -0.15) is 0 Å². The van der Waals surface area contributed by atoms with Crippen molar-refractivity contribution < 1.29 is 14.6 Å². The van der Waals surface area contributed by atoms with E-state index in [0.29, 0.717) is 6.42 Å². The zero-order chi connectivity index (χ0) is 18.8. The third-order valence-electron chi connectivity index (χ3n) is 4.93. The molecule has 0 fully saturated rings. The number of esters is 1. The normalized spacial score (nSPS) is 12.1. The van der Waals surface area contributed by atoms with Crippen LogP contribution in [0.4, 0.5) is 0 Å². The second-order valence-electron chi connectivity index (χ2n) is 7.27. The van der Waals surface area contributed by atoms with Gasteiger partial charge in [0.15, 0.2) is 0 Å². The molecule has 0 amide bonds. The lowest BCUT2D eigenvalue weighted by Crippen LogP contribution is -2.18. The maximum Gasteiger partial charge on any atom is 0.335 e. The zero-order valence-electron chi connectivity index (χ0n) is 16.9. The Hall–Kier alpha value is -0.830. The van der Waals surface area contributed by atoms with Crippen molar-refractivity contribution in [2.45, 2.75) is 116 Å². The Labute approximate surface area is 156 Å². The first-order valence-corrected chi connectivity index (χ1v) is 10.6. The number of carbonyl (C=O) groups excluding carboxylic acids is 1. The van der Waals surface area contributed by atoms with E-state index in [0.717, 1.165) is 12.8 Å². The summed E-state index contributed by atoms with van der Waals surface area (Å²) < 4.78 is 4.56. The molecule has 0 saturated carbocycles. The molecule has 0 saturated heterocycles. The highest BCUT2D eigenvalue weighted by molar-refractivity contribution is 5.88. The average Bonchev–Trinajstić information content (AvgIpc) is 2.63. The minimum absolute atomic E-state index is 0.174. The molecule has 0 aromatic carbocycles. The molecule has 0 rings (SSSR count). The van der Waals surface area contributed by atoms with Crippen molar-refractivity contribution in [2.75, 3.05) is 7.11 Å². The molecule has 0 aliphatic rings. The topological polar surface area (TPSA) is 46.5 Å². The SMILES string of the molecule is C=C(C(=O)OC)C(O)CCCCCCCCCCCCCCCCC. The molecule has 1 N–H and O–H groups in total. The summed E-state index contributed by atoms with van der Waals surface area (Å²) in [4.78, 5) is 11.2. The van der Waals surface area contributed by atoms with Gasteiger partial charge in [0.25, 0.3) is 0 Å². The van der Waals surface area contributed by atoms with E-state index in [1.807, 2.05) is 0 Å². The van der Waals surface area contributed by atoms with Crippen molar-refractivity contribution >= 4 is 5.97 Å². The fourth-order valence-corrected chi connectivity index (χ4v) is 3.15. The Kier molecular flexibility index (Phi) is 17.4. The smallest absolute Gasteiger partial charge is 0.335 e. The number of aliphatic hydroxyl groups is 1. The van der Waals surface area contributed by atoms with Crippen molar-refractivity contribution in [2.24, 2.45) is 0 Å². The lowest BCUT2D eigenvalue weighted by atomic mass is 10.0. The van der Waals surface area contributed by atoms with Crippen LogP contribution in [0.5, 0.6) is 0 Å². The molecule has 1 unspecified atom stereocenters. The summed E-state index contributed by atoms with van der Waals surface area (Å²) in [5.74, 6) is -0.506. The van der Waals surface area contributed by atoms with Crippen molar-refractivity contribution in [1.82, 2.24) is 0 Å². The summed E-state index contributed by atoms with van der Waals surface area (Å²) in [5.41, 5.74) is 0.174. The number of hydrogen-bond acceptors (Lipinski definition) is 3. The lowest BCUT2D eigenvalue weighted by molar-refractivity contribution is -0.137. The Morgan fingerprint density at radius 1 is 0.800 bits per heavy atom. The van der Waals surface area contributed by atoms with Crippen LogP contribution in [-0.2, 0) is 9.53 Å². The largest absolute Gasteiger partial charge is 0.466 e. The zero-order valence-corrected chi connectivity index (χ0v) is 16.9. The third-order valence-corrected chi connectivity index (χ3v) is 4.93. The van der Waals surface area contributed by atoms with Gasteiger partial charge in [0.05, 0.1) is 18.8 Å². The molecular weight excluding hydrogens is 312 g/mol. The van der Waals surface area contributed by atoms with E-state index in [4.69, 9.17) is 0 Å². The maximum absolute atomic E-state index is 11.2. The van der Waals surface area contributed by atoms with E-state index >= 15 is 0 Å². The van der Waals surface area contributed by atoms with Gasteiger partial charge in [-0.3, -0.25) is 0 Å². The standard InChI is InChI=1S/C22H42O3/c1-4-5-6-7-8-9-10-11-12-13-14-15-16-17-18-19-21(23)20(2)22(24)25-3/h21,23H,2,4-19H2,1,3H3. The van der Waals surface area contributed by atoms with Crippen molar-refractivity contribution in [1.29, 1.82) is 0 Å². The van der Waals surface area contributed by atoms with Crippen LogP contribution in [-0.4, -0.2) is 24.3 Å². The van der Waals surface area contributed by atoms with Crippen molar-refractivity contribution in [3.63, 3.8) is 0 Å². The Balaban J connectivity index is 3.24. The van der Waals surface area contributed by atoms with Crippen molar-refractivity contribution in [3.8, 4) is 0 Å². The molecule has 0 aromatic heterocycles. The van der Waals surface area contributed by atoms with Crippen LogP contribution in [0.3, 0.4) is 0 Å². The molecule has 0 aromatic rings. The van der Waals surface area contributed by atoms with Crippen LogP contribution in [0.15, 0.2) is 12.2 Å². The maximum atomic E-state index is 11.2. The van der Waals surface area contributed by atoms with Gasteiger partial charge in [0.1, 0.15) is 0 Å². The summed E-state index contributed by atoms with van der Waals surface area (Å²) in [6.45, 7) is 5.86. The van der Waals surface area contributed by atoms with E-state index in [2.05, 4.69) is 18.2 Å². The first-order valence-electron chi connectivity index (χ1n) is 10.6. The average molecular weight is 355 g/mol. The highest BCUT2D eigenvalue weighted by Crippen LogP contribution is 2.15. The molecule has 0 aliphatic carbocycles. The predicted octanol–water partition coefficient (Wildman–Crippen LogP) is 6.34. The first kappa shape index (κ1) is 24.2. The molecule has 0 heterocycles. The van der Waals surface area contributed by atoms with Gasteiger partial charge >= 0.3 is 5.97 Å². The van der Waals surface area contributed by atoms with Gasteiger partial charge in [-0.1, -0.05) is 110 Å². The van der Waals surface area contributed by atoms with E-state index < -0.39 is 12.1 Å². The monoisotopic (exact) mass is 354 g/mol. The number of carbonyl (C=O) groups is 1. The molecule has 0 radical (unpaired) electrons. The van der Waals surface area contributed by atoms with Crippen LogP contribution in [0.1, 0.15) is 110 Å². The van der Waals surface area contributed by atoms with E-state index in [-0.39, 0.29) is 5.57 Å². The number of methoxy groups -OCH3 is 1. The highest BCUT2D eigenvalue weighted by Gasteiger charge is 2.16. The number of unbranched alkanes of at least 4 members (excludes halogenated alkanes) is 14. The predicted molar refractivity (Wildman–Crippen MR) is 107 cm³/mol. The molecule has 3 nitrogen and oxygen atoms in total. The van der Waals surface area contributed by atoms with Crippen molar-refractivity contribution in [3.05, 3.63) is 12.2 Å². The summed E-state index contributed by atoms with van der Waals surface area (Å²) in [5, 5.41) is 9.82. The van der Waals surface area contributed by atoms with Gasteiger partial charge in [-0.05, 0) is 6.42 Å². The van der Waals surface area contributed by atoms with E-state index in [9.17, 15) is 9.90 Å². The quantitative estimate of drug-likeness (QED) is 0.177. The van der Waals surface area contributed by atoms with Crippen LogP contribution in [0.25, 0.3) is 0 Å². The van der Waals surface area contributed by atoms with Crippen LogP contribution >= 0.6 is 0 Å². The minimum Gasteiger partial charge on any atom is -0.466 e. The summed E-state index contributed by atoms with van der Waals surface area (Å²) in [7, 11) is 1.31. The third kappa shape index (κ3) is 15.2. The summed E-state index contributed by atoms with van der Waals surface area (Å²) in [6.07, 6.45) is 19.7. The first-order chi connectivity index (χ1) is 12.1. The van der Waals surface area contributed by atoms with Gasteiger partial charge in [0.2, 0.25) is 0 Å². The molecule has 1 atom stereocenters. The van der Waals surface area contributed by atoms with Crippen LogP contribution in [0, 0.1) is 0 Å². The molecule has 0 bridgehead atoms. The second kappa shape index (κ2) is 18.0. The van der Waals surface area contributed by atoms with E-state index in [1.54, 1.807) is 0 Å². The Bertz CT molecular complexity index is 325. The molecule has 0 aliphatic heterocycles.